The van der Waals surface area contributed by atoms with E-state index in [2.05, 4.69) is 4.85 Å². The Morgan fingerprint density at radius 1 is 1.09 bits per heavy atom. The van der Waals surface area contributed by atoms with Gasteiger partial charge in [0.1, 0.15) is 5.75 Å². The summed E-state index contributed by atoms with van der Waals surface area (Å²) in [6.07, 6.45) is 1.36. The van der Waals surface area contributed by atoms with Gasteiger partial charge in [0, 0.05) is 0 Å². The Morgan fingerprint density at radius 2 is 1.68 bits per heavy atom. The fourth-order valence-corrected chi connectivity index (χ4v) is 3.00. The standard InChI is InChI=1S/C17H15NO3S/c1-13-4-10-16(11-5-13)22(19,20)17(18-2)12-14-6-8-15(21-3)9-7-14/h4-12H,1,3H3/b17-12-. The summed E-state index contributed by atoms with van der Waals surface area (Å²) in [4.78, 5) is 3.31. The molecule has 0 spiro atoms. The molecule has 0 N–H and O–H groups in total. The van der Waals surface area contributed by atoms with Crippen molar-refractivity contribution in [2.24, 2.45) is 0 Å². The third kappa shape index (κ3) is 3.35. The van der Waals surface area contributed by atoms with Gasteiger partial charge in [-0.15, -0.1) is 0 Å². The molecule has 2 rings (SSSR count). The van der Waals surface area contributed by atoms with Crippen LogP contribution >= 0.6 is 0 Å². The molecule has 22 heavy (non-hydrogen) atoms. The number of nitrogens with zero attached hydrogens (tertiary/aromatic N) is 1. The average molecular weight is 313 g/mol. The molecule has 0 aliphatic heterocycles. The van der Waals surface area contributed by atoms with E-state index in [4.69, 9.17) is 11.3 Å². The minimum Gasteiger partial charge on any atom is -0.497 e. The predicted octanol–water partition coefficient (Wildman–Crippen LogP) is 3.70. The van der Waals surface area contributed by atoms with Gasteiger partial charge in [-0.05, 0) is 42.8 Å². The number of hydrogen-bond donors (Lipinski definition) is 0. The van der Waals surface area contributed by atoms with Crippen molar-refractivity contribution in [1.82, 2.24) is 0 Å². The third-order valence-corrected chi connectivity index (χ3v) is 4.78. The van der Waals surface area contributed by atoms with Crippen LogP contribution in [0, 0.1) is 13.5 Å². The molecule has 0 amide bonds. The van der Waals surface area contributed by atoms with Crippen molar-refractivity contribution in [3.8, 4) is 5.75 Å². The third-order valence-electron chi connectivity index (χ3n) is 3.12. The van der Waals surface area contributed by atoms with E-state index in [1.54, 1.807) is 43.5 Å². The summed E-state index contributed by atoms with van der Waals surface area (Å²) in [6.45, 7) is 9.06. The van der Waals surface area contributed by atoms with Crippen molar-refractivity contribution >= 4 is 15.9 Å². The van der Waals surface area contributed by atoms with Crippen LogP contribution in [0.2, 0.25) is 0 Å². The van der Waals surface area contributed by atoms with Gasteiger partial charge in [-0.25, -0.2) is 13.3 Å². The first-order valence-corrected chi connectivity index (χ1v) is 8.00. The van der Waals surface area contributed by atoms with Gasteiger partial charge < -0.3 is 4.74 Å². The van der Waals surface area contributed by atoms with Crippen LogP contribution in [0.3, 0.4) is 0 Å². The van der Waals surface area contributed by atoms with Gasteiger partial charge in [0.15, 0.2) is 0 Å². The van der Waals surface area contributed by atoms with Crippen molar-refractivity contribution in [2.75, 3.05) is 7.11 Å². The molecule has 0 aliphatic rings. The topological polar surface area (TPSA) is 47.7 Å². The van der Waals surface area contributed by atoms with Crippen molar-refractivity contribution in [3.05, 3.63) is 76.1 Å². The molecule has 0 saturated carbocycles. The highest BCUT2D eigenvalue weighted by Gasteiger charge is 2.21. The zero-order valence-electron chi connectivity index (χ0n) is 12.3. The van der Waals surface area contributed by atoms with Crippen LogP contribution in [0.15, 0.2) is 58.5 Å². The first kappa shape index (κ1) is 15.8. The van der Waals surface area contributed by atoms with E-state index >= 15 is 0 Å². The summed E-state index contributed by atoms with van der Waals surface area (Å²) >= 11 is 0. The Labute approximate surface area is 130 Å². The van der Waals surface area contributed by atoms with Gasteiger partial charge in [-0.2, -0.15) is 0 Å². The lowest BCUT2D eigenvalue weighted by atomic mass is 10.2. The number of aryl methyl sites for hydroxylation is 1. The van der Waals surface area contributed by atoms with Crippen LogP contribution in [0.1, 0.15) is 11.1 Å². The van der Waals surface area contributed by atoms with Crippen molar-refractivity contribution < 1.29 is 13.2 Å². The normalized spacial score (nSPS) is 11.8. The second kappa shape index (κ2) is 6.46. The molecule has 0 aliphatic carbocycles. The molecule has 112 valence electrons. The quantitative estimate of drug-likeness (QED) is 0.809. The second-order valence-electron chi connectivity index (χ2n) is 4.68. The lowest BCUT2D eigenvalue weighted by Crippen LogP contribution is -2.02. The van der Waals surface area contributed by atoms with Crippen LogP contribution < -0.4 is 4.74 Å². The summed E-state index contributed by atoms with van der Waals surface area (Å²) in [7, 11) is -2.25. The number of methoxy groups -OCH3 is 1. The molecule has 2 aromatic carbocycles. The van der Waals surface area contributed by atoms with Gasteiger partial charge in [-0.3, -0.25) is 0 Å². The summed E-state index contributed by atoms with van der Waals surface area (Å²) in [5.41, 5.74) is 1.59. The zero-order valence-corrected chi connectivity index (χ0v) is 13.1. The number of benzene rings is 2. The molecule has 0 aromatic heterocycles. The summed E-state index contributed by atoms with van der Waals surface area (Å²) in [5, 5.41) is -0.304. The van der Waals surface area contributed by atoms with Crippen LogP contribution in [-0.2, 0) is 9.84 Å². The van der Waals surface area contributed by atoms with Crippen LogP contribution in [-0.4, -0.2) is 15.5 Å². The number of sulfone groups is 1. The summed E-state index contributed by atoms with van der Waals surface area (Å²) in [6, 6.07) is 13.3. The molecule has 0 saturated heterocycles. The Kier molecular flexibility index (Phi) is 4.64. The predicted molar refractivity (Wildman–Crippen MR) is 85.9 cm³/mol. The Morgan fingerprint density at radius 3 is 2.18 bits per heavy atom. The highest BCUT2D eigenvalue weighted by Crippen LogP contribution is 2.23. The van der Waals surface area contributed by atoms with Crippen molar-refractivity contribution in [3.63, 3.8) is 0 Å². The fraction of sp³-hybridized carbons (Fsp3) is 0.118. The maximum atomic E-state index is 12.5. The molecule has 4 nitrogen and oxygen atoms in total. The SMILES string of the molecule is [C-]#[N+]/C(=C/c1ccc(OC)cc1)S(=O)(=O)c1ccc(C)cc1. The van der Waals surface area contributed by atoms with E-state index < -0.39 is 9.84 Å². The van der Waals surface area contributed by atoms with Crippen molar-refractivity contribution in [2.45, 2.75) is 11.8 Å². The van der Waals surface area contributed by atoms with Gasteiger partial charge in [0.25, 0.3) is 5.03 Å². The van der Waals surface area contributed by atoms with Gasteiger partial charge in [0.05, 0.1) is 18.6 Å². The molecular formula is C17H15NO3S. The Balaban J connectivity index is 2.43. The van der Waals surface area contributed by atoms with Gasteiger partial charge in [0.2, 0.25) is 9.84 Å². The summed E-state index contributed by atoms with van der Waals surface area (Å²) < 4.78 is 30.0. The maximum Gasteiger partial charge on any atom is 0.283 e. The molecule has 0 heterocycles. The highest BCUT2D eigenvalue weighted by atomic mass is 32.2. The average Bonchev–Trinajstić information content (AvgIpc) is 2.53. The largest absolute Gasteiger partial charge is 0.497 e. The van der Waals surface area contributed by atoms with Crippen LogP contribution in [0.25, 0.3) is 10.9 Å². The molecule has 0 fully saturated rings. The first-order chi connectivity index (χ1) is 10.5. The van der Waals surface area contributed by atoms with E-state index in [0.29, 0.717) is 11.3 Å². The van der Waals surface area contributed by atoms with E-state index in [1.165, 1.54) is 18.2 Å². The van der Waals surface area contributed by atoms with Crippen LogP contribution in [0.4, 0.5) is 0 Å². The number of hydrogen-bond acceptors (Lipinski definition) is 3. The first-order valence-electron chi connectivity index (χ1n) is 6.52. The molecule has 2 aromatic rings. The summed E-state index contributed by atoms with van der Waals surface area (Å²) in [5.74, 6) is 0.669. The monoisotopic (exact) mass is 313 g/mol. The van der Waals surface area contributed by atoms with E-state index in [9.17, 15) is 8.42 Å². The van der Waals surface area contributed by atoms with E-state index in [1.807, 2.05) is 6.92 Å². The fourth-order valence-electron chi connectivity index (χ4n) is 1.85. The van der Waals surface area contributed by atoms with Crippen LogP contribution in [0.5, 0.6) is 5.75 Å². The molecule has 0 atom stereocenters. The van der Waals surface area contributed by atoms with E-state index in [-0.39, 0.29) is 9.92 Å². The van der Waals surface area contributed by atoms with Gasteiger partial charge >= 0.3 is 0 Å². The molecule has 0 bridgehead atoms. The Bertz CT molecular complexity index is 827. The maximum absolute atomic E-state index is 12.5. The van der Waals surface area contributed by atoms with Gasteiger partial charge in [-0.1, -0.05) is 29.8 Å². The smallest absolute Gasteiger partial charge is 0.283 e. The molecule has 0 unspecified atom stereocenters. The molecule has 0 radical (unpaired) electrons. The second-order valence-corrected chi connectivity index (χ2v) is 6.58. The highest BCUT2D eigenvalue weighted by molar-refractivity contribution is 7.95. The van der Waals surface area contributed by atoms with Crippen molar-refractivity contribution in [1.29, 1.82) is 0 Å². The molecule has 5 heteroatoms. The number of ether oxygens (including phenoxy) is 1. The zero-order chi connectivity index (χ0) is 16.2. The lowest BCUT2D eigenvalue weighted by Gasteiger charge is -2.04. The minimum atomic E-state index is -3.81. The Hall–Kier alpha value is -2.58. The lowest BCUT2D eigenvalue weighted by molar-refractivity contribution is 0.415. The minimum absolute atomic E-state index is 0.119. The number of rotatable bonds is 4. The van der Waals surface area contributed by atoms with E-state index in [0.717, 1.165) is 5.56 Å². The molecular weight excluding hydrogens is 298 g/mol.